The van der Waals surface area contributed by atoms with E-state index in [9.17, 15) is 13.2 Å². The molecule has 2 saturated carbocycles. The molecular formula is C20H26N4O3S. The number of nitrogens with one attached hydrogen (secondary N) is 1. The maximum absolute atomic E-state index is 12.4. The topological polar surface area (TPSA) is 91.2 Å². The third-order valence-corrected chi connectivity index (χ3v) is 8.51. The first-order valence-corrected chi connectivity index (χ1v) is 11.0. The molecular weight excluding hydrogens is 376 g/mol. The Bertz CT molecular complexity index is 1010. The zero-order chi connectivity index (χ0) is 20.3. The zero-order valence-electron chi connectivity index (χ0n) is 16.7. The van der Waals surface area contributed by atoms with Crippen molar-refractivity contribution in [2.24, 2.45) is 26.2 Å². The molecule has 2 bridgehead atoms. The average molecular weight is 403 g/mol. The van der Waals surface area contributed by atoms with Gasteiger partial charge in [-0.25, -0.2) is 5.43 Å². The number of amides is 1. The first-order chi connectivity index (χ1) is 13.1. The Kier molecular flexibility index (Phi) is 4.19. The molecule has 1 N–H and O–H groups in total. The lowest BCUT2D eigenvalue weighted by molar-refractivity contribution is -0.121. The van der Waals surface area contributed by atoms with E-state index in [1.807, 2.05) is 0 Å². The lowest BCUT2D eigenvalue weighted by Crippen LogP contribution is -2.38. The van der Waals surface area contributed by atoms with Crippen LogP contribution >= 0.6 is 0 Å². The summed E-state index contributed by atoms with van der Waals surface area (Å²) in [4.78, 5) is 14.2. The molecule has 8 heteroatoms. The molecule has 0 unspecified atom stereocenters. The van der Waals surface area contributed by atoms with Crippen molar-refractivity contribution >= 4 is 27.5 Å². The van der Waals surface area contributed by atoms with Crippen LogP contribution in [0.25, 0.3) is 0 Å². The van der Waals surface area contributed by atoms with E-state index < -0.39 is 10.0 Å². The second-order valence-corrected chi connectivity index (χ2v) is 10.4. The first-order valence-electron chi connectivity index (χ1n) is 9.58. The Morgan fingerprint density at radius 1 is 1.32 bits per heavy atom. The molecule has 150 valence electrons. The molecule has 1 aliphatic heterocycles. The minimum Gasteiger partial charge on any atom is -0.349 e. The number of nitrogens with zero attached hydrogens (tertiary/aromatic N) is 3. The normalized spacial score (nSPS) is 30.2. The second kappa shape index (κ2) is 6.14. The van der Waals surface area contributed by atoms with Gasteiger partial charge >= 0.3 is 0 Å². The molecule has 3 aliphatic rings. The van der Waals surface area contributed by atoms with Crippen molar-refractivity contribution in [1.82, 2.24) is 10.3 Å². The minimum absolute atomic E-state index is 0.0248. The van der Waals surface area contributed by atoms with Gasteiger partial charge in [0.05, 0.1) is 6.54 Å². The molecule has 1 amide bonds. The van der Waals surface area contributed by atoms with Crippen molar-refractivity contribution in [3.05, 3.63) is 29.8 Å². The van der Waals surface area contributed by atoms with E-state index >= 15 is 0 Å². The molecule has 2 atom stereocenters. The number of rotatable bonds is 3. The van der Waals surface area contributed by atoms with Crippen LogP contribution in [0.2, 0.25) is 0 Å². The Morgan fingerprint density at radius 3 is 2.68 bits per heavy atom. The number of likely N-dealkylation sites (N-methyl/N-ethyl adjacent to an activating group) is 1. The highest BCUT2D eigenvalue weighted by atomic mass is 32.2. The molecule has 28 heavy (non-hydrogen) atoms. The number of carbonyl (C=O) groups is 1. The third-order valence-electron chi connectivity index (χ3n) is 7.18. The van der Waals surface area contributed by atoms with Gasteiger partial charge in [-0.15, -0.1) is 4.40 Å². The molecule has 1 aromatic carbocycles. The summed E-state index contributed by atoms with van der Waals surface area (Å²) in [6.07, 6.45) is 3.25. The Balaban J connectivity index is 1.46. The van der Waals surface area contributed by atoms with Crippen LogP contribution in [0, 0.1) is 16.7 Å². The van der Waals surface area contributed by atoms with Gasteiger partial charge in [-0.2, -0.15) is 13.5 Å². The van der Waals surface area contributed by atoms with Crippen molar-refractivity contribution < 1.29 is 13.2 Å². The van der Waals surface area contributed by atoms with Crippen molar-refractivity contribution in [2.45, 2.75) is 44.9 Å². The largest absolute Gasteiger partial charge is 0.349 e. The van der Waals surface area contributed by atoms with Crippen molar-refractivity contribution in [3.63, 3.8) is 0 Å². The maximum Gasteiger partial charge on any atom is 0.285 e. The third kappa shape index (κ3) is 2.69. The van der Waals surface area contributed by atoms with Gasteiger partial charge in [-0.05, 0) is 42.7 Å². The smallest absolute Gasteiger partial charge is 0.285 e. The highest BCUT2D eigenvalue weighted by Gasteiger charge is 2.60. The van der Waals surface area contributed by atoms with Gasteiger partial charge in [0, 0.05) is 23.7 Å². The van der Waals surface area contributed by atoms with Crippen LogP contribution in [0.5, 0.6) is 0 Å². The van der Waals surface area contributed by atoms with E-state index in [1.165, 1.54) is 12.5 Å². The molecule has 2 aliphatic carbocycles. The summed E-state index contributed by atoms with van der Waals surface area (Å²) in [5.74, 6) is 0.612. The predicted molar refractivity (Wildman–Crippen MR) is 108 cm³/mol. The Hall–Kier alpha value is -2.22. The summed E-state index contributed by atoms with van der Waals surface area (Å²) in [5.41, 5.74) is 4.49. The van der Waals surface area contributed by atoms with Gasteiger partial charge in [0.2, 0.25) is 0 Å². The number of sulfonamides is 1. The van der Waals surface area contributed by atoms with E-state index in [2.05, 4.69) is 35.7 Å². The van der Waals surface area contributed by atoms with Crippen LogP contribution < -0.4 is 5.43 Å². The van der Waals surface area contributed by atoms with Gasteiger partial charge in [0.25, 0.3) is 15.9 Å². The molecule has 0 spiro atoms. The summed E-state index contributed by atoms with van der Waals surface area (Å²) >= 11 is 0. The number of hydrogen-bond acceptors (Lipinski definition) is 5. The van der Waals surface area contributed by atoms with E-state index in [1.54, 1.807) is 30.1 Å². The molecule has 0 radical (unpaired) electrons. The number of benzene rings is 1. The SMILES string of the molecule is CN(CC(=O)N/N=C1/C[C@H]2CC[C@]1(C)C2(C)C)C1=NS(=O)(=O)c2ccccc21. The van der Waals surface area contributed by atoms with Crippen molar-refractivity contribution in [1.29, 1.82) is 0 Å². The lowest BCUT2D eigenvalue weighted by atomic mass is 9.70. The highest BCUT2D eigenvalue weighted by molar-refractivity contribution is 7.90. The fourth-order valence-corrected chi connectivity index (χ4v) is 6.17. The predicted octanol–water partition coefficient (Wildman–Crippen LogP) is 2.39. The summed E-state index contributed by atoms with van der Waals surface area (Å²) in [6.45, 7) is 6.80. The van der Waals surface area contributed by atoms with Crippen molar-refractivity contribution in [2.75, 3.05) is 13.6 Å². The quantitative estimate of drug-likeness (QED) is 0.786. The summed E-state index contributed by atoms with van der Waals surface area (Å²) in [7, 11) is -2.04. The molecule has 0 saturated heterocycles. The van der Waals surface area contributed by atoms with E-state index in [0.717, 1.165) is 18.6 Å². The molecule has 2 fully saturated rings. The Labute approximate surface area is 166 Å². The minimum atomic E-state index is -3.70. The van der Waals surface area contributed by atoms with E-state index in [4.69, 9.17) is 0 Å². The number of amidine groups is 1. The zero-order valence-corrected chi connectivity index (χ0v) is 17.5. The summed E-state index contributed by atoms with van der Waals surface area (Å²) < 4.78 is 28.2. The van der Waals surface area contributed by atoms with Crippen LogP contribution in [-0.4, -0.2) is 44.4 Å². The van der Waals surface area contributed by atoms with Gasteiger partial charge in [-0.1, -0.05) is 32.9 Å². The Morgan fingerprint density at radius 2 is 2.04 bits per heavy atom. The first kappa shape index (κ1) is 19.1. The molecule has 0 aromatic heterocycles. The molecule has 7 nitrogen and oxygen atoms in total. The molecule has 1 heterocycles. The van der Waals surface area contributed by atoms with Crippen LogP contribution in [0.4, 0.5) is 0 Å². The monoisotopic (exact) mass is 402 g/mol. The van der Waals surface area contributed by atoms with E-state index in [0.29, 0.717) is 11.5 Å². The second-order valence-electron chi connectivity index (χ2n) is 8.83. The maximum atomic E-state index is 12.4. The van der Waals surface area contributed by atoms with Gasteiger partial charge in [0.15, 0.2) is 5.84 Å². The van der Waals surface area contributed by atoms with Gasteiger partial charge in [0.1, 0.15) is 4.90 Å². The fourth-order valence-electron chi connectivity index (χ4n) is 4.92. The highest BCUT2D eigenvalue weighted by Crippen LogP contribution is 2.63. The van der Waals surface area contributed by atoms with Crippen LogP contribution in [0.15, 0.2) is 38.7 Å². The molecule has 1 aromatic rings. The number of hydrogen-bond donors (Lipinski definition) is 1. The lowest BCUT2D eigenvalue weighted by Gasteiger charge is -2.34. The van der Waals surface area contributed by atoms with Gasteiger partial charge in [-0.3, -0.25) is 4.79 Å². The summed E-state index contributed by atoms with van der Waals surface area (Å²) in [6, 6.07) is 6.64. The van der Waals surface area contributed by atoms with Crippen LogP contribution in [0.1, 0.15) is 45.6 Å². The van der Waals surface area contributed by atoms with Gasteiger partial charge < -0.3 is 4.90 Å². The standard InChI is InChI=1S/C20H26N4O3S/c1-19(2)13-9-10-20(19,3)16(11-13)21-22-17(25)12-24(4)18-14-7-5-6-8-15(14)28(26,27)23-18/h5-8,13H,9-12H2,1-4H3,(H,22,25)/b21-16-/t13-,20+/m1/s1. The molecule has 4 rings (SSSR count). The average Bonchev–Trinajstić information content (AvgIpc) is 3.11. The number of carbonyl (C=O) groups excluding carboxylic acids is 1. The van der Waals surface area contributed by atoms with Crippen LogP contribution in [-0.2, 0) is 14.8 Å². The fraction of sp³-hybridized carbons (Fsp3) is 0.550. The van der Waals surface area contributed by atoms with Crippen molar-refractivity contribution in [3.8, 4) is 0 Å². The van der Waals surface area contributed by atoms with E-state index in [-0.39, 0.29) is 34.0 Å². The number of hydrazone groups is 1. The number of fused-ring (bicyclic) bond motifs is 3. The van der Waals surface area contributed by atoms with Crippen LogP contribution in [0.3, 0.4) is 0 Å². The summed E-state index contributed by atoms with van der Waals surface area (Å²) in [5, 5.41) is 4.46.